The van der Waals surface area contributed by atoms with Gasteiger partial charge < -0.3 is 20.4 Å². The first-order valence-corrected chi connectivity index (χ1v) is 8.60. The number of amides is 2. The third kappa shape index (κ3) is 3.84. The smallest absolute Gasteiger partial charge is 0.280 e. The van der Waals surface area contributed by atoms with Gasteiger partial charge in [0.15, 0.2) is 0 Å². The van der Waals surface area contributed by atoms with Crippen molar-refractivity contribution in [2.75, 3.05) is 13.7 Å². The molecule has 1 aliphatic heterocycles. The lowest BCUT2D eigenvalue weighted by atomic mass is 10.1. The zero-order chi connectivity index (χ0) is 19.6. The highest BCUT2D eigenvalue weighted by molar-refractivity contribution is 6.07. The molecular formula is C19H21FN4O3. The number of nitrogens with one attached hydrogen (secondary N) is 1. The SMILES string of the molecule is COC(C=C(N)C(C)F)=NC(=O)c1ccc2cc3n(c2c1)CCCNC3=O. The van der Waals surface area contributed by atoms with E-state index in [1.807, 2.05) is 4.57 Å². The molecule has 3 rings (SSSR count). The number of rotatable bonds is 3. The number of carbonyl (C=O) groups excluding carboxylic acids is 2. The highest BCUT2D eigenvalue weighted by atomic mass is 19.1. The fourth-order valence-electron chi connectivity index (χ4n) is 2.91. The number of methoxy groups -OCH3 is 1. The number of nitrogens with two attached hydrogens (primary N) is 1. The van der Waals surface area contributed by atoms with Gasteiger partial charge in [0.05, 0.1) is 7.11 Å². The number of fused-ring (bicyclic) bond motifs is 3. The number of benzene rings is 1. The van der Waals surface area contributed by atoms with Crippen LogP contribution in [0, 0.1) is 0 Å². The van der Waals surface area contributed by atoms with Crippen LogP contribution in [0.1, 0.15) is 34.2 Å². The highest BCUT2D eigenvalue weighted by Crippen LogP contribution is 2.23. The van der Waals surface area contributed by atoms with Crippen LogP contribution in [0.3, 0.4) is 0 Å². The van der Waals surface area contributed by atoms with Crippen molar-refractivity contribution in [3.05, 3.63) is 47.3 Å². The van der Waals surface area contributed by atoms with Gasteiger partial charge in [-0.3, -0.25) is 9.59 Å². The summed E-state index contributed by atoms with van der Waals surface area (Å²) in [6, 6.07) is 6.90. The minimum atomic E-state index is -1.38. The van der Waals surface area contributed by atoms with Crippen molar-refractivity contribution in [2.24, 2.45) is 10.7 Å². The molecule has 1 aromatic heterocycles. The normalized spacial score (nSPS) is 16.5. The maximum atomic E-state index is 13.2. The lowest BCUT2D eigenvalue weighted by molar-refractivity contribution is 0.0950. The molecule has 2 aromatic rings. The van der Waals surface area contributed by atoms with E-state index >= 15 is 0 Å². The van der Waals surface area contributed by atoms with E-state index in [0.29, 0.717) is 24.3 Å². The summed E-state index contributed by atoms with van der Waals surface area (Å²) in [6.45, 7) is 2.57. The zero-order valence-electron chi connectivity index (χ0n) is 15.2. The van der Waals surface area contributed by atoms with E-state index < -0.39 is 12.1 Å². The molecule has 27 heavy (non-hydrogen) atoms. The monoisotopic (exact) mass is 372 g/mol. The molecular weight excluding hydrogens is 351 g/mol. The van der Waals surface area contributed by atoms with E-state index in [1.165, 1.54) is 20.1 Å². The molecule has 1 unspecified atom stereocenters. The molecule has 0 aliphatic carbocycles. The van der Waals surface area contributed by atoms with Gasteiger partial charge in [-0.25, -0.2) is 4.39 Å². The number of carbonyl (C=O) groups is 2. The van der Waals surface area contributed by atoms with Crippen molar-refractivity contribution in [3.63, 3.8) is 0 Å². The van der Waals surface area contributed by atoms with E-state index in [1.54, 1.807) is 24.3 Å². The fourth-order valence-corrected chi connectivity index (χ4v) is 2.91. The van der Waals surface area contributed by atoms with E-state index in [0.717, 1.165) is 17.3 Å². The van der Waals surface area contributed by atoms with Gasteiger partial charge in [-0.2, -0.15) is 4.99 Å². The van der Waals surface area contributed by atoms with Gasteiger partial charge in [-0.05, 0) is 31.5 Å². The predicted octanol–water partition coefficient (Wildman–Crippen LogP) is 2.16. The fraction of sp³-hybridized carbons (Fsp3) is 0.316. The molecule has 1 aliphatic rings. The molecule has 8 heteroatoms. The third-order valence-electron chi connectivity index (χ3n) is 4.40. The molecule has 2 amide bonds. The molecule has 0 fully saturated rings. The van der Waals surface area contributed by atoms with E-state index in [9.17, 15) is 14.0 Å². The number of halogens is 1. The topological polar surface area (TPSA) is 98.7 Å². The summed E-state index contributed by atoms with van der Waals surface area (Å²) in [6.07, 6.45) is 0.617. The number of aryl methyl sites for hydroxylation is 1. The first-order chi connectivity index (χ1) is 12.9. The van der Waals surface area contributed by atoms with Crippen LogP contribution in [0.15, 0.2) is 41.0 Å². The maximum absolute atomic E-state index is 13.2. The van der Waals surface area contributed by atoms with Crippen LogP contribution in [0.5, 0.6) is 0 Å². The number of alkyl halides is 1. The van der Waals surface area contributed by atoms with Crippen LogP contribution in [0.2, 0.25) is 0 Å². The first kappa shape index (κ1) is 18.6. The number of aliphatic imine (C=N–C) groups is 1. The number of nitrogens with zero attached hydrogens (tertiary/aromatic N) is 2. The van der Waals surface area contributed by atoms with Crippen molar-refractivity contribution >= 4 is 28.6 Å². The Morgan fingerprint density at radius 1 is 1.44 bits per heavy atom. The van der Waals surface area contributed by atoms with Crippen LogP contribution in [-0.2, 0) is 11.3 Å². The molecule has 0 saturated heterocycles. The van der Waals surface area contributed by atoms with Crippen molar-refractivity contribution in [1.29, 1.82) is 0 Å². The molecule has 142 valence electrons. The summed E-state index contributed by atoms with van der Waals surface area (Å²) in [5, 5.41) is 3.71. The first-order valence-electron chi connectivity index (χ1n) is 8.60. The highest BCUT2D eigenvalue weighted by Gasteiger charge is 2.19. The summed E-state index contributed by atoms with van der Waals surface area (Å²) in [4.78, 5) is 28.5. The number of aromatic nitrogens is 1. The Hall–Kier alpha value is -3.16. The maximum Gasteiger partial charge on any atom is 0.280 e. The molecule has 0 saturated carbocycles. The Morgan fingerprint density at radius 3 is 2.93 bits per heavy atom. The minimum Gasteiger partial charge on any atom is -0.481 e. The van der Waals surface area contributed by atoms with Gasteiger partial charge in [-0.15, -0.1) is 0 Å². The second kappa shape index (κ2) is 7.61. The van der Waals surface area contributed by atoms with Gasteiger partial charge in [0.1, 0.15) is 11.9 Å². The molecule has 0 spiro atoms. The van der Waals surface area contributed by atoms with Crippen LogP contribution in [-0.4, -0.2) is 42.1 Å². The van der Waals surface area contributed by atoms with E-state index in [2.05, 4.69) is 10.3 Å². The summed E-state index contributed by atoms with van der Waals surface area (Å²) < 4.78 is 20.1. The Bertz CT molecular complexity index is 959. The molecule has 2 heterocycles. The van der Waals surface area contributed by atoms with Crippen LogP contribution >= 0.6 is 0 Å². The van der Waals surface area contributed by atoms with Gasteiger partial charge in [0, 0.05) is 41.3 Å². The summed E-state index contributed by atoms with van der Waals surface area (Å²) in [5.41, 5.74) is 7.16. The van der Waals surface area contributed by atoms with Gasteiger partial charge in [0.25, 0.3) is 11.8 Å². The zero-order valence-corrected chi connectivity index (χ0v) is 15.2. The Labute approximate surface area is 155 Å². The summed E-state index contributed by atoms with van der Waals surface area (Å²) in [7, 11) is 1.33. The quantitative estimate of drug-likeness (QED) is 0.637. The molecule has 0 bridgehead atoms. The number of hydrogen-bond acceptors (Lipinski definition) is 4. The average molecular weight is 372 g/mol. The van der Waals surface area contributed by atoms with Crippen LogP contribution in [0.25, 0.3) is 10.9 Å². The van der Waals surface area contributed by atoms with Crippen molar-refractivity contribution in [1.82, 2.24) is 9.88 Å². The van der Waals surface area contributed by atoms with Gasteiger partial charge in [0.2, 0.25) is 5.90 Å². The molecule has 7 nitrogen and oxygen atoms in total. The lowest BCUT2D eigenvalue weighted by Gasteiger charge is -2.06. The van der Waals surface area contributed by atoms with Crippen LogP contribution in [0.4, 0.5) is 4.39 Å². The summed E-state index contributed by atoms with van der Waals surface area (Å²) in [5.74, 6) is -0.745. The largest absolute Gasteiger partial charge is 0.481 e. The van der Waals surface area contributed by atoms with Crippen molar-refractivity contribution in [3.8, 4) is 0 Å². The van der Waals surface area contributed by atoms with Crippen molar-refractivity contribution < 1.29 is 18.7 Å². The standard InChI is InChI=1S/C19H21FN4O3/c1-11(20)14(21)10-17(27-2)23-18(25)13-5-4-12-8-16-19(26)22-6-3-7-24(16)15(12)9-13/h4-5,8-11H,3,6-7,21H2,1-2H3,(H,22,26). The van der Waals surface area contributed by atoms with E-state index in [-0.39, 0.29) is 17.5 Å². The molecule has 0 radical (unpaired) electrons. The molecule has 3 N–H and O–H groups in total. The average Bonchev–Trinajstić information content (AvgIpc) is 2.92. The molecule has 1 atom stereocenters. The third-order valence-corrected chi connectivity index (χ3v) is 4.40. The predicted molar refractivity (Wildman–Crippen MR) is 101 cm³/mol. The van der Waals surface area contributed by atoms with Gasteiger partial charge in [-0.1, -0.05) is 6.07 Å². The summed E-state index contributed by atoms with van der Waals surface area (Å²) >= 11 is 0. The van der Waals surface area contributed by atoms with Gasteiger partial charge >= 0.3 is 0 Å². The Balaban J connectivity index is 1.98. The van der Waals surface area contributed by atoms with E-state index in [4.69, 9.17) is 10.5 Å². The second-order valence-electron chi connectivity index (χ2n) is 6.28. The van der Waals surface area contributed by atoms with Crippen molar-refractivity contribution in [2.45, 2.75) is 26.1 Å². The number of hydrogen-bond donors (Lipinski definition) is 2. The second-order valence-corrected chi connectivity index (χ2v) is 6.28. The molecule has 1 aromatic carbocycles. The Morgan fingerprint density at radius 2 is 2.22 bits per heavy atom. The number of ether oxygens (including phenoxy) is 1. The Kier molecular flexibility index (Phi) is 5.25. The number of allylic oxidation sites excluding steroid dienone is 1. The lowest BCUT2D eigenvalue weighted by Crippen LogP contribution is -2.22. The minimum absolute atomic E-state index is 0.0736. The van der Waals surface area contributed by atoms with Crippen LogP contribution < -0.4 is 11.1 Å².